The van der Waals surface area contributed by atoms with Gasteiger partial charge >= 0.3 is 0 Å². The standard InChI is InChI=1S/C26H25BrCl2F2N4O7/c1-40-24-22(34-7-16(32-33-34)14-2-3-15(27)21(31)20(14)30)23(38)19(8-36)42-25(24)26(39)35(17-9-41-10-18(17)37)13-5-11(28)4-12(29)6-13/h2-7,17-19,22-25,36-38H,8-10H2,1H3/t17-,18-,19-,22+,23+,24-,25-/m1/s1. The quantitative estimate of drug-likeness (QED) is 0.319. The first kappa shape index (κ1) is 31.2. The largest absolute Gasteiger partial charge is 0.394 e. The van der Waals surface area contributed by atoms with E-state index in [1.54, 1.807) is 0 Å². The van der Waals surface area contributed by atoms with Crippen LogP contribution in [0.5, 0.6) is 0 Å². The lowest BCUT2D eigenvalue weighted by molar-refractivity contribution is -0.211. The molecule has 0 saturated carbocycles. The SMILES string of the molecule is CO[C@@H]1[C@@H](n2cc(-c3ccc(Br)c(F)c3F)nn2)[C@@H](O)[C@@H](CO)O[C@H]1C(=O)N(c1cc(Cl)cc(Cl)c1)[C@@H]1COC[C@H]1O. The summed E-state index contributed by atoms with van der Waals surface area (Å²) in [5.41, 5.74) is -0.00942. The molecule has 16 heteroatoms. The number of nitrogens with zero attached hydrogens (tertiary/aromatic N) is 4. The molecule has 2 saturated heterocycles. The van der Waals surface area contributed by atoms with Gasteiger partial charge in [-0.15, -0.1) is 5.10 Å². The number of ether oxygens (including phenoxy) is 3. The summed E-state index contributed by atoms with van der Waals surface area (Å²) < 4.78 is 46.9. The van der Waals surface area contributed by atoms with E-state index in [9.17, 15) is 28.9 Å². The van der Waals surface area contributed by atoms with Crippen LogP contribution in [0.4, 0.5) is 14.5 Å². The van der Waals surface area contributed by atoms with Crippen LogP contribution in [0.3, 0.4) is 0 Å². The van der Waals surface area contributed by atoms with Crippen LogP contribution in [-0.2, 0) is 19.0 Å². The van der Waals surface area contributed by atoms with Gasteiger partial charge in [-0.05, 0) is 46.3 Å². The molecule has 1 aromatic heterocycles. The van der Waals surface area contributed by atoms with Gasteiger partial charge in [-0.25, -0.2) is 13.5 Å². The van der Waals surface area contributed by atoms with Crippen LogP contribution in [0.2, 0.25) is 10.0 Å². The number of hydrogen-bond acceptors (Lipinski definition) is 9. The van der Waals surface area contributed by atoms with Crippen molar-refractivity contribution in [2.75, 3.05) is 31.8 Å². The number of benzene rings is 2. The van der Waals surface area contributed by atoms with Gasteiger partial charge in [0, 0.05) is 28.4 Å². The van der Waals surface area contributed by atoms with Crippen LogP contribution in [-0.4, -0.2) is 99.7 Å². The molecule has 7 atom stereocenters. The van der Waals surface area contributed by atoms with Crippen molar-refractivity contribution in [1.82, 2.24) is 15.0 Å². The minimum Gasteiger partial charge on any atom is -0.394 e. The third-order valence-corrected chi connectivity index (χ3v) is 8.27. The summed E-state index contributed by atoms with van der Waals surface area (Å²) in [6.45, 7) is -0.736. The number of aromatic nitrogens is 3. The first-order valence-corrected chi connectivity index (χ1v) is 14.2. The highest BCUT2D eigenvalue weighted by molar-refractivity contribution is 9.10. The van der Waals surface area contributed by atoms with Crippen molar-refractivity contribution in [3.05, 3.63) is 62.7 Å². The van der Waals surface area contributed by atoms with Gasteiger partial charge in [0.2, 0.25) is 0 Å². The van der Waals surface area contributed by atoms with E-state index in [-0.39, 0.29) is 44.7 Å². The maximum absolute atomic E-state index is 14.7. The van der Waals surface area contributed by atoms with Crippen LogP contribution >= 0.6 is 39.1 Å². The van der Waals surface area contributed by atoms with E-state index in [0.717, 1.165) is 4.68 Å². The third-order valence-electron chi connectivity index (χ3n) is 7.23. The number of carbonyl (C=O) groups is 1. The Morgan fingerprint density at radius 1 is 1.19 bits per heavy atom. The van der Waals surface area contributed by atoms with Crippen molar-refractivity contribution in [2.45, 2.75) is 42.6 Å². The zero-order valence-electron chi connectivity index (χ0n) is 21.8. The molecule has 0 spiro atoms. The molecule has 5 rings (SSSR count). The Labute approximate surface area is 256 Å². The van der Waals surface area contributed by atoms with Crippen molar-refractivity contribution < 1.29 is 43.1 Å². The molecule has 3 heterocycles. The van der Waals surface area contributed by atoms with Crippen molar-refractivity contribution >= 4 is 50.7 Å². The highest BCUT2D eigenvalue weighted by Gasteiger charge is 2.52. The molecule has 0 aliphatic carbocycles. The van der Waals surface area contributed by atoms with Crippen molar-refractivity contribution in [3.63, 3.8) is 0 Å². The van der Waals surface area contributed by atoms with E-state index in [0.29, 0.717) is 0 Å². The number of carbonyl (C=O) groups excluding carboxylic acids is 1. The lowest BCUT2D eigenvalue weighted by Gasteiger charge is -2.45. The van der Waals surface area contributed by atoms with Gasteiger partial charge in [-0.2, -0.15) is 0 Å². The predicted octanol–water partition coefficient (Wildman–Crippen LogP) is 2.76. The normalized spacial score (nSPS) is 27.8. The number of anilines is 1. The lowest BCUT2D eigenvalue weighted by atomic mass is 9.91. The summed E-state index contributed by atoms with van der Waals surface area (Å²) in [6, 6.07) is 4.99. The Kier molecular flexibility index (Phi) is 9.47. The number of aliphatic hydroxyl groups is 3. The molecule has 1 amide bonds. The van der Waals surface area contributed by atoms with E-state index in [1.807, 2.05) is 0 Å². The molecule has 42 heavy (non-hydrogen) atoms. The summed E-state index contributed by atoms with van der Waals surface area (Å²) in [4.78, 5) is 15.5. The molecule has 3 aromatic rings. The fraction of sp³-hybridized carbons (Fsp3) is 0.423. The van der Waals surface area contributed by atoms with E-state index in [1.165, 1.54) is 48.5 Å². The lowest BCUT2D eigenvalue weighted by Crippen LogP contribution is -2.63. The molecular weight excluding hydrogens is 669 g/mol. The Hall–Kier alpha value is -2.27. The third kappa shape index (κ3) is 5.79. The summed E-state index contributed by atoms with van der Waals surface area (Å²) in [7, 11) is 1.28. The fourth-order valence-electron chi connectivity index (χ4n) is 5.20. The molecule has 0 radical (unpaired) electrons. The first-order valence-electron chi connectivity index (χ1n) is 12.6. The zero-order valence-corrected chi connectivity index (χ0v) is 24.9. The monoisotopic (exact) mass is 692 g/mol. The van der Waals surface area contributed by atoms with Crippen LogP contribution < -0.4 is 4.90 Å². The number of aliphatic hydroxyl groups excluding tert-OH is 3. The molecule has 2 aliphatic rings. The molecule has 226 valence electrons. The second-order valence-corrected chi connectivity index (χ2v) is 11.5. The maximum Gasteiger partial charge on any atom is 0.259 e. The number of methoxy groups -OCH3 is 1. The average molecular weight is 694 g/mol. The van der Waals surface area contributed by atoms with Crippen molar-refractivity contribution in [3.8, 4) is 11.3 Å². The van der Waals surface area contributed by atoms with E-state index < -0.39 is 66.8 Å². The Balaban J connectivity index is 1.55. The summed E-state index contributed by atoms with van der Waals surface area (Å²) in [6.07, 6.45) is -5.28. The summed E-state index contributed by atoms with van der Waals surface area (Å²) in [5.74, 6) is -3.00. The van der Waals surface area contributed by atoms with Gasteiger partial charge < -0.3 is 34.4 Å². The second-order valence-electron chi connectivity index (χ2n) is 9.77. The number of amides is 1. The number of halogens is 5. The molecule has 2 fully saturated rings. The minimum atomic E-state index is -1.47. The molecular formula is C26H25BrCl2F2N4O7. The molecule has 11 nitrogen and oxygen atoms in total. The predicted molar refractivity (Wildman–Crippen MR) is 149 cm³/mol. The van der Waals surface area contributed by atoms with Gasteiger partial charge in [-0.1, -0.05) is 28.4 Å². The van der Waals surface area contributed by atoms with Crippen LogP contribution in [0, 0.1) is 11.6 Å². The summed E-state index contributed by atoms with van der Waals surface area (Å²) in [5, 5.41) is 40.3. The zero-order chi connectivity index (χ0) is 30.3. The molecule has 0 bridgehead atoms. The number of rotatable bonds is 7. The molecule has 0 unspecified atom stereocenters. The smallest absolute Gasteiger partial charge is 0.259 e. The Morgan fingerprint density at radius 3 is 2.52 bits per heavy atom. The first-order chi connectivity index (χ1) is 20.0. The average Bonchev–Trinajstić information content (AvgIpc) is 3.60. The van der Waals surface area contributed by atoms with Gasteiger partial charge in [0.25, 0.3) is 5.91 Å². The molecule has 2 aliphatic heterocycles. The molecule has 2 aromatic carbocycles. The molecule has 3 N–H and O–H groups in total. The van der Waals surface area contributed by atoms with Crippen LogP contribution in [0.15, 0.2) is 41.0 Å². The van der Waals surface area contributed by atoms with Gasteiger partial charge in [0.15, 0.2) is 17.7 Å². The van der Waals surface area contributed by atoms with E-state index in [4.69, 9.17) is 37.4 Å². The van der Waals surface area contributed by atoms with Crippen LogP contribution in [0.25, 0.3) is 11.3 Å². The van der Waals surface area contributed by atoms with E-state index in [2.05, 4.69) is 26.2 Å². The Morgan fingerprint density at radius 2 is 1.90 bits per heavy atom. The topological polar surface area (TPSA) is 139 Å². The highest BCUT2D eigenvalue weighted by atomic mass is 79.9. The van der Waals surface area contributed by atoms with E-state index >= 15 is 0 Å². The number of hydrogen-bond donors (Lipinski definition) is 3. The van der Waals surface area contributed by atoms with Crippen molar-refractivity contribution in [1.29, 1.82) is 0 Å². The van der Waals surface area contributed by atoms with Gasteiger partial charge in [0.1, 0.15) is 36.2 Å². The maximum atomic E-state index is 14.7. The van der Waals surface area contributed by atoms with Gasteiger partial charge in [0.05, 0.1) is 36.5 Å². The van der Waals surface area contributed by atoms with Crippen LogP contribution in [0.1, 0.15) is 6.04 Å². The highest BCUT2D eigenvalue weighted by Crippen LogP contribution is 2.37. The van der Waals surface area contributed by atoms with Gasteiger partial charge in [-0.3, -0.25) is 4.79 Å². The second kappa shape index (κ2) is 12.8. The van der Waals surface area contributed by atoms with Crippen molar-refractivity contribution in [2.24, 2.45) is 0 Å². The fourth-order valence-corrected chi connectivity index (χ4v) is 6.03. The summed E-state index contributed by atoms with van der Waals surface area (Å²) >= 11 is 15.4. The Bertz CT molecular complexity index is 1450. The minimum absolute atomic E-state index is 0.0152.